The van der Waals surface area contributed by atoms with Crippen LogP contribution in [0, 0.1) is 0 Å². The third-order valence-electron chi connectivity index (χ3n) is 7.71. The van der Waals surface area contributed by atoms with Gasteiger partial charge >= 0.3 is 0 Å². The lowest BCUT2D eigenvalue weighted by molar-refractivity contribution is 0.850. The molecule has 0 fully saturated rings. The van der Waals surface area contributed by atoms with Gasteiger partial charge in [0, 0.05) is 49.7 Å². The van der Waals surface area contributed by atoms with E-state index in [1.54, 1.807) is 56.8 Å². The van der Waals surface area contributed by atoms with Gasteiger partial charge in [-0.25, -0.2) is 14.0 Å². The van der Waals surface area contributed by atoms with E-state index in [2.05, 4.69) is 26.7 Å². The van der Waals surface area contributed by atoms with Crippen molar-refractivity contribution >= 4 is 50.8 Å². The van der Waals surface area contributed by atoms with Crippen molar-refractivity contribution in [1.82, 2.24) is 38.3 Å². The number of benzene rings is 2. The number of para-hydroxylation sites is 2. The summed E-state index contributed by atoms with van der Waals surface area (Å²) in [5.74, 6) is 0. The molecule has 8 rings (SSSR count). The van der Waals surface area contributed by atoms with E-state index >= 15 is 0 Å². The van der Waals surface area contributed by atoms with E-state index in [-0.39, 0.29) is 11.1 Å². The Kier molecular flexibility index (Phi) is 6.83. The fraction of sp³-hybridized carbons (Fsp3) is 0.0588. The van der Waals surface area contributed by atoms with Gasteiger partial charge in [-0.3, -0.25) is 23.7 Å². The monoisotopic (exact) mass is 612 g/mol. The van der Waals surface area contributed by atoms with Crippen LogP contribution >= 0.6 is 11.6 Å². The molecule has 10 nitrogen and oxygen atoms in total. The fourth-order valence-corrected chi connectivity index (χ4v) is 5.56. The quantitative estimate of drug-likeness (QED) is 0.234. The number of pyridine rings is 2. The zero-order chi connectivity index (χ0) is 31.2. The molecule has 0 aliphatic carbocycles. The van der Waals surface area contributed by atoms with Gasteiger partial charge in [0.15, 0.2) is 0 Å². The van der Waals surface area contributed by atoms with Crippen LogP contribution in [-0.4, -0.2) is 38.3 Å². The molecule has 0 saturated carbocycles. The largest absolute Gasteiger partial charge is 0.296 e. The van der Waals surface area contributed by atoms with Crippen LogP contribution in [0.1, 0.15) is 5.69 Å². The maximum atomic E-state index is 12.5. The van der Waals surface area contributed by atoms with Crippen molar-refractivity contribution in [2.75, 3.05) is 0 Å². The van der Waals surface area contributed by atoms with E-state index in [9.17, 15) is 9.59 Å². The molecule has 220 valence electrons. The molecule has 0 bridgehead atoms. The van der Waals surface area contributed by atoms with Crippen molar-refractivity contribution in [2.24, 2.45) is 14.1 Å². The molecule has 0 aliphatic heterocycles. The zero-order valence-corrected chi connectivity index (χ0v) is 25.1. The van der Waals surface area contributed by atoms with Crippen LogP contribution in [-0.2, 0) is 14.1 Å². The molecule has 0 saturated heterocycles. The Morgan fingerprint density at radius 1 is 0.667 bits per heavy atom. The average molecular weight is 613 g/mol. The summed E-state index contributed by atoms with van der Waals surface area (Å²) >= 11 is 5.94. The summed E-state index contributed by atoms with van der Waals surface area (Å²) in [5, 5.41) is 11.0. The Morgan fingerprint density at radius 2 is 1.16 bits per heavy atom. The SMILES string of the molecule is C=Cc1cc(-c2cc3n(C)c(=O)c4ccccc4n3n2)ccn1.Cn1c(=O)c2ccccc2n2nc(-c3ccnc(Cl)c3)cc12. The summed E-state index contributed by atoms with van der Waals surface area (Å²) in [7, 11) is 3.51. The third kappa shape index (κ3) is 4.77. The minimum Gasteiger partial charge on any atom is -0.296 e. The first-order chi connectivity index (χ1) is 21.8. The lowest BCUT2D eigenvalue weighted by atomic mass is 10.1. The van der Waals surface area contributed by atoms with Crippen LogP contribution in [0.15, 0.2) is 113 Å². The lowest BCUT2D eigenvalue weighted by Crippen LogP contribution is -2.19. The van der Waals surface area contributed by atoms with Gasteiger partial charge in [0.1, 0.15) is 16.4 Å². The number of rotatable bonds is 3. The Morgan fingerprint density at radius 3 is 1.67 bits per heavy atom. The van der Waals surface area contributed by atoms with E-state index < -0.39 is 0 Å². The first kappa shape index (κ1) is 27.9. The summed E-state index contributed by atoms with van der Waals surface area (Å²) in [6.07, 6.45) is 5.07. The molecular weight excluding hydrogens is 588 g/mol. The third-order valence-corrected chi connectivity index (χ3v) is 7.92. The molecular formula is C34H25ClN8O2. The molecule has 0 spiro atoms. The van der Waals surface area contributed by atoms with Gasteiger partial charge in [-0.1, -0.05) is 42.4 Å². The van der Waals surface area contributed by atoms with Gasteiger partial charge in [0.25, 0.3) is 11.1 Å². The summed E-state index contributed by atoms with van der Waals surface area (Å²) in [5.41, 5.74) is 7.13. The van der Waals surface area contributed by atoms with Crippen molar-refractivity contribution in [2.45, 2.75) is 0 Å². The van der Waals surface area contributed by atoms with Crippen molar-refractivity contribution in [3.63, 3.8) is 0 Å². The van der Waals surface area contributed by atoms with E-state index in [0.29, 0.717) is 15.9 Å². The molecule has 0 radical (unpaired) electrons. The molecule has 0 aliphatic rings. The van der Waals surface area contributed by atoms with Gasteiger partial charge in [-0.15, -0.1) is 0 Å². The topological polar surface area (TPSA) is 104 Å². The van der Waals surface area contributed by atoms with E-state index in [4.69, 9.17) is 11.6 Å². The number of halogens is 1. The Hall–Kier alpha value is -5.87. The van der Waals surface area contributed by atoms with Crippen molar-refractivity contribution < 1.29 is 0 Å². The number of hydrogen-bond acceptors (Lipinski definition) is 6. The number of hydrogen-bond donors (Lipinski definition) is 0. The van der Waals surface area contributed by atoms with Gasteiger partial charge in [-0.2, -0.15) is 10.2 Å². The normalized spacial score (nSPS) is 11.3. The first-order valence-corrected chi connectivity index (χ1v) is 14.4. The average Bonchev–Trinajstić information content (AvgIpc) is 3.73. The second-order valence-electron chi connectivity index (χ2n) is 10.4. The molecule has 11 heteroatoms. The highest BCUT2D eigenvalue weighted by Crippen LogP contribution is 2.24. The Labute approximate surface area is 260 Å². The van der Waals surface area contributed by atoms with Crippen LogP contribution in [0.5, 0.6) is 0 Å². The highest BCUT2D eigenvalue weighted by molar-refractivity contribution is 6.29. The second-order valence-corrected chi connectivity index (χ2v) is 10.8. The van der Waals surface area contributed by atoms with Gasteiger partial charge in [0.05, 0.1) is 38.9 Å². The second kappa shape index (κ2) is 11.0. The van der Waals surface area contributed by atoms with Crippen molar-refractivity contribution in [3.8, 4) is 22.5 Å². The summed E-state index contributed by atoms with van der Waals surface area (Å²) < 4.78 is 6.80. The lowest BCUT2D eigenvalue weighted by Gasteiger charge is -2.05. The van der Waals surface area contributed by atoms with Gasteiger partial charge < -0.3 is 0 Å². The minimum atomic E-state index is -0.0395. The molecule has 6 aromatic heterocycles. The van der Waals surface area contributed by atoms with Crippen LogP contribution in [0.2, 0.25) is 5.15 Å². The number of aromatic nitrogens is 8. The standard InChI is InChI=1S/C18H14N4O.C16H11ClN4O/c1-3-13-10-12(8-9-19-13)15-11-17-21(2)18(23)14-6-4-5-7-16(14)22(17)20-15;1-20-15-9-12(10-6-7-18-14(17)8-10)19-21(15)13-5-3-2-4-11(13)16(20)22/h3-11H,1H2,2H3;2-9H,1H3. The smallest absolute Gasteiger partial charge is 0.261 e. The van der Waals surface area contributed by atoms with Crippen molar-refractivity contribution in [1.29, 1.82) is 0 Å². The molecule has 2 aromatic carbocycles. The molecule has 0 N–H and O–H groups in total. The van der Waals surface area contributed by atoms with Gasteiger partial charge in [-0.05, 0) is 54.6 Å². The molecule has 0 unspecified atom stereocenters. The summed E-state index contributed by atoms with van der Waals surface area (Å²) in [6.45, 7) is 3.74. The molecule has 0 amide bonds. The van der Waals surface area contributed by atoms with Crippen LogP contribution in [0.4, 0.5) is 0 Å². The Bertz CT molecular complexity index is 2560. The zero-order valence-electron chi connectivity index (χ0n) is 24.3. The highest BCUT2D eigenvalue weighted by atomic mass is 35.5. The fourth-order valence-electron chi connectivity index (χ4n) is 5.39. The van der Waals surface area contributed by atoms with E-state index in [1.807, 2.05) is 78.9 Å². The predicted octanol–water partition coefficient (Wildman–Crippen LogP) is 5.79. The maximum absolute atomic E-state index is 12.5. The Balaban J connectivity index is 0.000000145. The molecule has 0 atom stereocenters. The predicted molar refractivity (Wildman–Crippen MR) is 177 cm³/mol. The van der Waals surface area contributed by atoms with Crippen LogP contribution in [0.3, 0.4) is 0 Å². The summed E-state index contributed by atoms with van der Waals surface area (Å²) in [4.78, 5) is 33.1. The molecule has 8 aromatic rings. The van der Waals surface area contributed by atoms with Crippen LogP contribution < -0.4 is 11.1 Å². The minimum absolute atomic E-state index is 0.0268. The number of aryl methyl sites for hydroxylation is 2. The molecule has 45 heavy (non-hydrogen) atoms. The van der Waals surface area contributed by atoms with E-state index in [1.165, 1.54) is 0 Å². The molecule has 6 heterocycles. The van der Waals surface area contributed by atoms with E-state index in [0.717, 1.165) is 50.5 Å². The highest BCUT2D eigenvalue weighted by Gasteiger charge is 2.14. The first-order valence-electron chi connectivity index (χ1n) is 14.0. The number of fused-ring (bicyclic) bond motifs is 6. The van der Waals surface area contributed by atoms with Crippen molar-refractivity contribution in [3.05, 3.63) is 135 Å². The number of nitrogens with zero attached hydrogens (tertiary/aromatic N) is 8. The van der Waals surface area contributed by atoms with Gasteiger partial charge in [0.2, 0.25) is 0 Å². The maximum Gasteiger partial charge on any atom is 0.261 e. The van der Waals surface area contributed by atoms with Crippen LogP contribution in [0.25, 0.3) is 61.7 Å². The summed E-state index contributed by atoms with van der Waals surface area (Å²) in [6, 6.07) is 26.1.